The van der Waals surface area contributed by atoms with Crippen LogP contribution < -0.4 is 4.90 Å². The van der Waals surface area contributed by atoms with Crippen LogP contribution in [0.2, 0.25) is 0 Å². The Bertz CT molecular complexity index is 766. The van der Waals surface area contributed by atoms with Crippen LogP contribution in [0.15, 0.2) is 30.5 Å². The Balaban J connectivity index is 1.48. The summed E-state index contributed by atoms with van der Waals surface area (Å²) in [5, 5.41) is 0.776. The van der Waals surface area contributed by atoms with Gasteiger partial charge in [0.1, 0.15) is 0 Å². The summed E-state index contributed by atoms with van der Waals surface area (Å²) in [5.74, 6) is 0.629. The van der Waals surface area contributed by atoms with Gasteiger partial charge in [-0.05, 0) is 30.5 Å². The van der Waals surface area contributed by atoms with Gasteiger partial charge in [-0.25, -0.2) is 0 Å². The zero-order valence-corrected chi connectivity index (χ0v) is 14.5. The molecule has 0 N–H and O–H groups in total. The molecule has 0 amide bonds. The highest BCUT2D eigenvalue weighted by Crippen LogP contribution is 2.33. The standard InChI is InChI=1S/C19H22F3N3O/c20-19(21,22)15-1-2-16-17(11-15)23-5-3-18(16)25-8-6-24(7-9-25)12-14-4-10-26-13-14/h1-3,5,11,14H,4,6-10,12-13H2. The van der Waals surface area contributed by atoms with Gasteiger partial charge in [-0.15, -0.1) is 0 Å². The summed E-state index contributed by atoms with van der Waals surface area (Å²) in [6.07, 6.45) is -1.61. The fraction of sp³-hybridized carbons (Fsp3) is 0.526. The van der Waals surface area contributed by atoms with E-state index in [0.717, 1.165) is 75.6 Å². The van der Waals surface area contributed by atoms with Crippen molar-refractivity contribution < 1.29 is 17.9 Å². The lowest BCUT2D eigenvalue weighted by atomic mass is 10.1. The molecule has 140 valence electrons. The number of benzene rings is 1. The number of rotatable bonds is 3. The predicted octanol–water partition coefficient (Wildman–Crippen LogP) is 3.41. The molecule has 1 aromatic carbocycles. The molecule has 2 aliphatic rings. The predicted molar refractivity (Wildman–Crippen MR) is 94.3 cm³/mol. The van der Waals surface area contributed by atoms with Crippen molar-refractivity contribution in [2.45, 2.75) is 12.6 Å². The zero-order chi connectivity index (χ0) is 18.1. The molecule has 0 radical (unpaired) electrons. The van der Waals surface area contributed by atoms with E-state index in [2.05, 4.69) is 14.8 Å². The van der Waals surface area contributed by atoms with E-state index in [-0.39, 0.29) is 0 Å². The third-order valence-corrected chi connectivity index (χ3v) is 5.30. The average Bonchev–Trinajstić information content (AvgIpc) is 3.14. The van der Waals surface area contributed by atoms with E-state index in [0.29, 0.717) is 11.4 Å². The Kier molecular flexibility index (Phi) is 4.75. The summed E-state index contributed by atoms with van der Waals surface area (Å²) < 4.78 is 44.2. The molecule has 1 atom stereocenters. The number of nitrogens with zero attached hydrogens (tertiary/aromatic N) is 3. The lowest BCUT2D eigenvalue weighted by molar-refractivity contribution is -0.137. The van der Waals surface area contributed by atoms with Crippen LogP contribution in [-0.4, -0.2) is 55.8 Å². The molecule has 0 bridgehead atoms. The van der Waals surface area contributed by atoms with Crippen molar-refractivity contribution in [3.8, 4) is 0 Å². The highest BCUT2D eigenvalue weighted by molar-refractivity contribution is 5.92. The molecule has 2 aromatic rings. The van der Waals surface area contributed by atoms with Gasteiger partial charge in [-0.1, -0.05) is 6.07 Å². The highest BCUT2D eigenvalue weighted by atomic mass is 19.4. The first-order chi connectivity index (χ1) is 12.5. The Morgan fingerprint density at radius 3 is 2.62 bits per heavy atom. The second kappa shape index (κ2) is 7.04. The molecule has 1 aromatic heterocycles. The molecule has 0 saturated carbocycles. The minimum atomic E-state index is -4.35. The van der Waals surface area contributed by atoms with Crippen LogP contribution in [-0.2, 0) is 10.9 Å². The number of alkyl halides is 3. The van der Waals surface area contributed by atoms with E-state index in [4.69, 9.17) is 4.74 Å². The van der Waals surface area contributed by atoms with E-state index in [1.165, 1.54) is 0 Å². The lowest BCUT2D eigenvalue weighted by Gasteiger charge is -2.37. The lowest BCUT2D eigenvalue weighted by Crippen LogP contribution is -2.48. The fourth-order valence-electron chi connectivity index (χ4n) is 3.85. The number of halogens is 3. The molecule has 4 nitrogen and oxygen atoms in total. The first-order valence-corrected chi connectivity index (χ1v) is 9.02. The number of ether oxygens (including phenoxy) is 1. The molecule has 3 heterocycles. The number of aromatic nitrogens is 1. The van der Waals surface area contributed by atoms with E-state index in [1.807, 2.05) is 6.07 Å². The van der Waals surface area contributed by atoms with Crippen molar-refractivity contribution in [3.63, 3.8) is 0 Å². The van der Waals surface area contributed by atoms with E-state index < -0.39 is 11.7 Å². The van der Waals surface area contributed by atoms with E-state index in [1.54, 1.807) is 12.3 Å². The maximum atomic E-state index is 12.9. The summed E-state index contributed by atoms with van der Waals surface area (Å²) in [4.78, 5) is 8.85. The van der Waals surface area contributed by atoms with Crippen molar-refractivity contribution in [2.24, 2.45) is 5.92 Å². The number of pyridine rings is 1. The maximum Gasteiger partial charge on any atom is 0.416 e. The van der Waals surface area contributed by atoms with Gasteiger partial charge in [0.15, 0.2) is 0 Å². The molecular weight excluding hydrogens is 343 g/mol. The summed E-state index contributed by atoms with van der Waals surface area (Å²) in [7, 11) is 0. The first kappa shape index (κ1) is 17.5. The first-order valence-electron chi connectivity index (χ1n) is 9.02. The molecule has 0 spiro atoms. The van der Waals surface area contributed by atoms with Crippen LogP contribution in [0.4, 0.5) is 18.9 Å². The molecule has 2 aliphatic heterocycles. The Hall–Kier alpha value is -1.86. The fourth-order valence-corrected chi connectivity index (χ4v) is 3.85. The second-order valence-corrected chi connectivity index (χ2v) is 7.08. The minimum absolute atomic E-state index is 0.392. The molecule has 0 aliphatic carbocycles. The monoisotopic (exact) mass is 365 g/mol. The molecule has 26 heavy (non-hydrogen) atoms. The molecule has 1 unspecified atom stereocenters. The van der Waals surface area contributed by atoms with Crippen molar-refractivity contribution in [1.29, 1.82) is 0 Å². The van der Waals surface area contributed by atoms with Crippen LogP contribution in [0.1, 0.15) is 12.0 Å². The smallest absolute Gasteiger partial charge is 0.381 e. The Labute approximate surface area is 150 Å². The van der Waals surface area contributed by atoms with Gasteiger partial charge in [0.05, 0.1) is 17.7 Å². The topological polar surface area (TPSA) is 28.6 Å². The quantitative estimate of drug-likeness (QED) is 0.834. The normalized spacial score (nSPS) is 22.3. The Morgan fingerprint density at radius 1 is 1.12 bits per heavy atom. The molecule has 7 heteroatoms. The summed E-state index contributed by atoms with van der Waals surface area (Å²) >= 11 is 0. The van der Waals surface area contributed by atoms with Crippen molar-refractivity contribution in [2.75, 3.05) is 50.8 Å². The highest BCUT2D eigenvalue weighted by Gasteiger charge is 2.31. The third kappa shape index (κ3) is 3.64. The van der Waals surface area contributed by atoms with Crippen molar-refractivity contribution in [1.82, 2.24) is 9.88 Å². The number of hydrogen-bond donors (Lipinski definition) is 0. The van der Waals surface area contributed by atoms with Gasteiger partial charge < -0.3 is 9.64 Å². The summed E-state index contributed by atoms with van der Waals surface area (Å²) in [6, 6.07) is 5.72. The number of piperazine rings is 1. The van der Waals surface area contributed by atoms with Gasteiger partial charge in [-0.3, -0.25) is 9.88 Å². The molecule has 2 saturated heterocycles. The number of fused-ring (bicyclic) bond motifs is 1. The SMILES string of the molecule is FC(F)(F)c1ccc2c(N3CCN(CC4CCOC4)CC3)ccnc2c1. The van der Waals surface area contributed by atoms with E-state index >= 15 is 0 Å². The summed E-state index contributed by atoms with van der Waals surface area (Å²) in [5.41, 5.74) is 0.702. The number of hydrogen-bond acceptors (Lipinski definition) is 4. The van der Waals surface area contributed by atoms with Gasteiger partial charge >= 0.3 is 6.18 Å². The van der Waals surface area contributed by atoms with Gasteiger partial charge in [-0.2, -0.15) is 13.2 Å². The summed E-state index contributed by atoms with van der Waals surface area (Å²) in [6.45, 7) is 6.45. The second-order valence-electron chi connectivity index (χ2n) is 7.08. The van der Waals surface area contributed by atoms with Crippen LogP contribution in [0.3, 0.4) is 0 Å². The van der Waals surface area contributed by atoms with Gasteiger partial charge in [0.25, 0.3) is 0 Å². The third-order valence-electron chi connectivity index (χ3n) is 5.30. The molecule has 2 fully saturated rings. The largest absolute Gasteiger partial charge is 0.416 e. The zero-order valence-electron chi connectivity index (χ0n) is 14.5. The minimum Gasteiger partial charge on any atom is -0.381 e. The van der Waals surface area contributed by atoms with E-state index in [9.17, 15) is 13.2 Å². The van der Waals surface area contributed by atoms with Gasteiger partial charge in [0.2, 0.25) is 0 Å². The number of anilines is 1. The van der Waals surface area contributed by atoms with Crippen LogP contribution in [0.25, 0.3) is 10.9 Å². The van der Waals surface area contributed by atoms with Crippen molar-refractivity contribution >= 4 is 16.6 Å². The molecule has 4 rings (SSSR count). The molecular formula is C19H22F3N3O. The van der Waals surface area contributed by atoms with Crippen LogP contribution in [0, 0.1) is 5.92 Å². The maximum absolute atomic E-state index is 12.9. The van der Waals surface area contributed by atoms with Crippen molar-refractivity contribution in [3.05, 3.63) is 36.0 Å². The Morgan fingerprint density at radius 2 is 1.92 bits per heavy atom. The van der Waals surface area contributed by atoms with Crippen LogP contribution in [0.5, 0.6) is 0 Å². The van der Waals surface area contributed by atoms with Gasteiger partial charge in [0, 0.05) is 56.6 Å². The average molecular weight is 365 g/mol. The van der Waals surface area contributed by atoms with Crippen LogP contribution >= 0.6 is 0 Å².